The molecule has 0 bridgehead atoms. The van der Waals surface area contributed by atoms with Gasteiger partial charge in [0.2, 0.25) is 0 Å². The highest BCUT2D eigenvalue weighted by atomic mass is 16.4. The van der Waals surface area contributed by atoms with Gasteiger partial charge in [0.05, 0.1) is 0 Å². The van der Waals surface area contributed by atoms with Crippen LogP contribution in [-0.2, 0) is 4.79 Å². The molecule has 3 N–H and O–H groups in total. The maximum atomic E-state index is 11.1. The van der Waals surface area contributed by atoms with Crippen molar-refractivity contribution in [3.63, 3.8) is 0 Å². The molecule has 1 heterocycles. The standard InChI is InChI=1S/C13H24N2O2/c1-9(2)10-4-6-15(8-10)11-3-5-13(14,7-11)12(16)17/h9-11H,3-8,14H2,1-2H3,(H,16,17). The lowest BCUT2D eigenvalue weighted by Gasteiger charge is -2.26. The largest absolute Gasteiger partial charge is 0.480 e. The number of hydrogen-bond donors (Lipinski definition) is 2. The van der Waals surface area contributed by atoms with Crippen LogP contribution in [0.5, 0.6) is 0 Å². The van der Waals surface area contributed by atoms with Gasteiger partial charge in [-0.3, -0.25) is 4.79 Å². The van der Waals surface area contributed by atoms with Gasteiger partial charge in [0.15, 0.2) is 0 Å². The molecule has 0 aromatic rings. The predicted octanol–water partition coefficient (Wildman–Crippen LogP) is 1.30. The fourth-order valence-corrected chi connectivity index (χ4v) is 3.25. The minimum Gasteiger partial charge on any atom is -0.480 e. The monoisotopic (exact) mass is 240 g/mol. The molecule has 0 spiro atoms. The molecule has 4 nitrogen and oxygen atoms in total. The number of carbonyl (C=O) groups is 1. The van der Waals surface area contributed by atoms with Crippen molar-refractivity contribution in [3.8, 4) is 0 Å². The summed E-state index contributed by atoms with van der Waals surface area (Å²) in [5, 5.41) is 9.13. The highest BCUT2D eigenvalue weighted by molar-refractivity contribution is 5.79. The van der Waals surface area contributed by atoms with Crippen molar-refractivity contribution in [3.05, 3.63) is 0 Å². The second-order valence-corrected chi connectivity index (χ2v) is 6.15. The zero-order valence-electron chi connectivity index (χ0n) is 10.9. The van der Waals surface area contributed by atoms with Crippen LogP contribution < -0.4 is 5.73 Å². The summed E-state index contributed by atoms with van der Waals surface area (Å²) in [6.07, 6.45) is 3.43. The fourth-order valence-electron chi connectivity index (χ4n) is 3.25. The summed E-state index contributed by atoms with van der Waals surface area (Å²) >= 11 is 0. The molecule has 2 rings (SSSR count). The van der Waals surface area contributed by atoms with Crippen LogP contribution >= 0.6 is 0 Å². The molecular formula is C13H24N2O2. The van der Waals surface area contributed by atoms with Gasteiger partial charge < -0.3 is 15.7 Å². The highest BCUT2D eigenvalue weighted by Crippen LogP contribution is 2.35. The Morgan fingerprint density at radius 3 is 2.65 bits per heavy atom. The van der Waals surface area contributed by atoms with E-state index < -0.39 is 11.5 Å². The fraction of sp³-hybridized carbons (Fsp3) is 0.923. The van der Waals surface area contributed by atoms with Crippen molar-refractivity contribution in [1.29, 1.82) is 0 Å². The highest BCUT2D eigenvalue weighted by Gasteiger charge is 2.45. The SMILES string of the molecule is CC(C)C1CCN(C2CCC(N)(C(=O)O)C2)C1. The van der Waals surface area contributed by atoms with Crippen LogP contribution in [0.2, 0.25) is 0 Å². The van der Waals surface area contributed by atoms with Crippen molar-refractivity contribution >= 4 is 5.97 Å². The number of rotatable bonds is 3. The lowest BCUT2D eigenvalue weighted by atomic mass is 9.95. The van der Waals surface area contributed by atoms with E-state index in [0.717, 1.165) is 31.3 Å². The Morgan fingerprint density at radius 1 is 1.47 bits per heavy atom. The number of aliphatic carboxylic acids is 1. The van der Waals surface area contributed by atoms with Gasteiger partial charge in [-0.2, -0.15) is 0 Å². The third-order valence-corrected chi connectivity index (χ3v) is 4.66. The minimum atomic E-state index is -0.972. The van der Waals surface area contributed by atoms with E-state index in [1.165, 1.54) is 6.42 Å². The number of nitrogens with zero attached hydrogens (tertiary/aromatic N) is 1. The first-order valence-electron chi connectivity index (χ1n) is 6.69. The first-order chi connectivity index (χ1) is 7.92. The van der Waals surface area contributed by atoms with Crippen molar-refractivity contribution in [2.75, 3.05) is 13.1 Å². The zero-order chi connectivity index (χ0) is 12.6. The van der Waals surface area contributed by atoms with Crippen LogP contribution in [0.4, 0.5) is 0 Å². The molecule has 0 aromatic heterocycles. The van der Waals surface area contributed by atoms with Crippen LogP contribution in [0.1, 0.15) is 39.5 Å². The van der Waals surface area contributed by atoms with Crippen LogP contribution in [-0.4, -0.2) is 40.6 Å². The molecule has 3 atom stereocenters. The van der Waals surface area contributed by atoms with Gasteiger partial charge in [0.1, 0.15) is 5.54 Å². The Labute approximate surface area is 103 Å². The maximum absolute atomic E-state index is 11.1. The smallest absolute Gasteiger partial charge is 0.323 e. The molecular weight excluding hydrogens is 216 g/mol. The number of hydrogen-bond acceptors (Lipinski definition) is 3. The quantitative estimate of drug-likeness (QED) is 0.780. The maximum Gasteiger partial charge on any atom is 0.323 e. The Hall–Kier alpha value is -0.610. The molecule has 0 aromatic carbocycles. The van der Waals surface area contributed by atoms with Gasteiger partial charge in [0, 0.05) is 12.6 Å². The number of nitrogens with two attached hydrogens (primary N) is 1. The third kappa shape index (κ3) is 2.47. The molecule has 4 heteroatoms. The Morgan fingerprint density at radius 2 is 2.18 bits per heavy atom. The molecule has 2 fully saturated rings. The van der Waals surface area contributed by atoms with Gasteiger partial charge in [-0.05, 0) is 44.1 Å². The average molecular weight is 240 g/mol. The third-order valence-electron chi connectivity index (χ3n) is 4.66. The van der Waals surface area contributed by atoms with Crippen LogP contribution in [0.15, 0.2) is 0 Å². The summed E-state index contributed by atoms with van der Waals surface area (Å²) in [7, 11) is 0. The van der Waals surface area contributed by atoms with E-state index in [1.807, 2.05) is 0 Å². The van der Waals surface area contributed by atoms with Crippen LogP contribution in [0, 0.1) is 11.8 Å². The molecule has 1 aliphatic carbocycles. The van der Waals surface area contributed by atoms with E-state index in [-0.39, 0.29) is 0 Å². The molecule has 98 valence electrons. The van der Waals surface area contributed by atoms with E-state index in [4.69, 9.17) is 10.8 Å². The van der Waals surface area contributed by atoms with E-state index in [0.29, 0.717) is 18.9 Å². The van der Waals surface area contributed by atoms with Crippen molar-refractivity contribution in [1.82, 2.24) is 4.90 Å². The van der Waals surface area contributed by atoms with E-state index in [1.54, 1.807) is 0 Å². The van der Waals surface area contributed by atoms with Crippen molar-refractivity contribution < 1.29 is 9.90 Å². The molecule has 17 heavy (non-hydrogen) atoms. The molecule has 1 saturated heterocycles. The van der Waals surface area contributed by atoms with Gasteiger partial charge in [-0.1, -0.05) is 13.8 Å². The summed E-state index contributed by atoms with van der Waals surface area (Å²) in [6, 6.07) is 0.389. The zero-order valence-corrected chi connectivity index (χ0v) is 10.9. The molecule has 3 unspecified atom stereocenters. The number of likely N-dealkylation sites (tertiary alicyclic amines) is 1. The first-order valence-corrected chi connectivity index (χ1v) is 6.69. The average Bonchev–Trinajstić information content (AvgIpc) is 2.84. The summed E-state index contributed by atoms with van der Waals surface area (Å²) < 4.78 is 0. The van der Waals surface area contributed by atoms with Crippen LogP contribution in [0.3, 0.4) is 0 Å². The summed E-state index contributed by atoms with van der Waals surface area (Å²) in [5.41, 5.74) is 4.96. The van der Waals surface area contributed by atoms with Crippen molar-refractivity contribution in [2.45, 2.75) is 51.1 Å². The summed E-state index contributed by atoms with van der Waals surface area (Å²) in [6.45, 7) is 6.78. The normalized spacial score (nSPS) is 39.1. The second kappa shape index (κ2) is 4.58. The van der Waals surface area contributed by atoms with E-state index in [9.17, 15) is 4.79 Å². The lowest BCUT2D eigenvalue weighted by Crippen LogP contribution is -2.47. The van der Waals surface area contributed by atoms with Gasteiger partial charge in [0.25, 0.3) is 0 Å². The molecule has 2 aliphatic rings. The molecule has 1 aliphatic heterocycles. The minimum absolute atomic E-state index is 0.389. The predicted molar refractivity (Wildman–Crippen MR) is 66.7 cm³/mol. The molecule has 0 amide bonds. The Kier molecular flexibility index (Phi) is 3.46. The first kappa shape index (κ1) is 12.8. The topological polar surface area (TPSA) is 66.6 Å². The molecule has 1 saturated carbocycles. The van der Waals surface area contributed by atoms with Crippen molar-refractivity contribution in [2.24, 2.45) is 17.6 Å². The molecule has 0 radical (unpaired) electrons. The van der Waals surface area contributed by atoms with Crippen LogP contribution in [0.25, 0.3) is 0 Å². The summed E-state index contributed by atoms with van der Waals surface area (Å²) in [4.78, 5) is 13.6. The van der Waals surface area contributed by atoms with Gasteiger partial charge >= 0.3 is 5.97 Å². The second-order valence-electron chi connectivity index (χ2n) is 6.15. The van der Waals surface area contributed by atoms with E-state index >= 15 is 0 Å². The Balaban J connectivity index is 1.92. The van der Waals surface area contributed by atoms with Gasteiger partial charge in [-0.25, -0.2) is 0 Å². The number of carboxylic acid groups (broad SMARTS) is 1. The summed E-state index contributed by atoms with van der Waals surface area (Å²) in [5.74, 6) is 0.663. The van der Waals surface area contributed by atoms with E-state index in [2.05, 4.69) is 18.7 Å². The Bertz CT molecular complexity index is 306. The van der Waals surface area contributed by atoms with Gasteiger partial charge in [-0.15, -0.1) is 0 Å². The number of carboxylic acids is 1. The lowest BCUT2D eigenvalue weighted by molar-refractivity contribution is -0.143.